The second-order valence-electron chi connectivity index (χ2n) is 9.10. The molecule has 6 nitrogen and oxygen atoms in total. The molecule has 0 amide bonds. The molecule has 0 aliphatic carbocycles. The number of hydrogen-bond donors (Lipinski definition) is 1. The molecule has 0 saturated heterocycles. The van der Waals surface area contributed by atoms with Crippen LogP contribution in [0.15, 0.2) is 6.33 Å². The maximum atomic E-state index is 6.14. The standard InChI is InChI=1S/C22H31N5OS/c1-13(2)17-15-11-28-22(3,4)10-14(15)16-18-19(29-21(16)26-17)20(25-12-24-18)23-8-7-9-27(5)6/h12-13H,7-11H2,1-6H3,(H,23,24,25). The van der Waals surface area contributed by atoms with Crippen molar-refractivity contribution in [1.82, 2.24) is 19.9 Å². The van der Waals surface area contributed by atoms with Gasteiger partial charge in [0, 0.05) is 23.9 Å². The number of nitrogens with one attached hydrogen (secondary N) is 1. The van der Waals surface area contributed by atoms with Crippen LogP contribution in [0.5, 0.6) is 0 Å². The van der Waals surface area contributed by atoms with Crippen LogP contribution in [0.1, 0.15) is 56.9 Å². The van der Waals surface area contributed by atoms with Crippen molar-refractivity contribution in [2.45, 2.75) is 58.7 Å². The first kappa shape index (κ1) is 20.4. The molecule has 7 heteroatoms. The Morgan fingerprint density at radius 2 is 2.03 bits per heavy atom. The van der Waals surface area contributed by atoms with Gasteiger partial charge in [-0.25, -0.2) is 15.0 Å². The van der Waals surface area contributed by atoms with Crippen LogP contribution in [0.4, 0.5) is 5.82 Å². The van der Waals surface area contributed by atoms with Gasteiger partial charge in [0.1, 0.15) is 17.0 Å². The highest BCUT2D eigenvalue weighted by Crippen LogP contribution is 2.43. The molecule has 156 valence electrons. The van der Waals surface area contributed by atoms with Gasteiger partial charge in [0.05, 0.1) is 28.1 Å². The first-order valence-corrected chi connectivity index (χ1v) is 11.2. The lowest BCUT2D eigenvalue weighted by Gasteiger charge is -2.33. The van der Waals surface area contributed by atoms with Crippen molar-refractivity contribution in [3.05, 3.63) is 23.1 Å². The Morgan fingerprint density at radius 1 is 1.24 bits per heavy atom. The van der Waals surface area contributed by atoms with Crippen LogP contribution in [0, 0.1) is 0 Å². The summed E-state index contributed by atoms with van der Waals surface area (Å²) in [5.41, 5.74) is 4.61. The summed E-state index contributed by atoms with van der Waals surface area (Å²) in [6.07, 6.45) is 3.62. The maximum absolute atomic E-state index is 6.14. The highest BCUT2D eigenvalue weighted by atomic mass is 32.1. The van der Waals surface area contributed by atoms with Crippen molar-refractivity contribution >= 4 is 37.6 Å². The molecule has 0 saturated carbocycles. The molecule has 0 atom stereocenters. The van der Waals surface area contributed by atoms with E-state index in [4.69, 9.17) is 9.72 Å². The highest BCUT2D eigenvalue weighted by Gasteiger charge is 2.32. The lowest BCUT2D eigenvalue weighted by atomic mass is 9.87. The number of hydrogen-bond acceptors (Lipinski definition) is 7. The van der Waals surface area contributed by atoms with Crippen molar-refractivity contribution in [1.29, 1.82) is 0 Å². The predicted octanol–water partition coefficient (Wildman–Crippen LogP) is 4.58. The summed E-state index contributed by atoms with van der Waals surface area (Å²) < 4.78 is 7.25. The summed E-state index contributed by atoms with van der Waals surface area (Å²) in [6, 6.07) is 0. The van der Waals surface area contributed by atoms with E-state index in [9.17, 15) is 0 Å². The molecule has 4 heterocycles. The number of ether oxygens (including phenoxy) is 1. The molecule has 1 aliphatic rings. The molecule has 0 fully saturated rings. The van der Waals surface area contributed by atoms with Crippen LogP contribution in [-0.2, 0) is 17.8 Å². The third-order valence-corrected chi connectivity index (χ3v) is 6.56. The van der Waals surface area contributed by atoms with Crippen molar-refractivity contribution < 1.29 is 4.74 Å². The van der Waals surface area contributed by atoms with Crippen molar-refractivity contribution in [2.75, 3.05) is 32.5 Å². The van der Waals surface area contributed by atoms with E-state index in [1.165, 1.54) is 16.5 Å². The summed E-state index contributed by atoms with van der Waals surface area (Å²) in [5, 5.41) is 4.71. The molecule has 4 rings (SSSR count). The number of rotatable bonds is 6. The molecule has 0 aromatic carbocycles. The van der Waals surface area contributed by atoms with Gasteiger partial charge in [0.25, 0.3) is 0 Å². The van der Waals surface area contributed by atoms with Gasteiger partial charge < -0.3 is 15.0 Å². The number of thiophene rings is 1. The molecule has 1 aliphatic heterocycles. The third-order valence-electron chi connectivity index (χ3n) is 5.48. The fourth-order valence-electron chi connectivity index (χ4n) is 4.04. The molecule has 3 aromatic rings. The molecule has 0 unspecified atom stereocenters. The molecular weight excluding hydrogens is 382 g/mol. The van der Waals surface area contributed by atoms with E-state index in [1.54, 1.807) is 17.7 Å². The fraction of sp³-hybridized carbons (Fsp3) is 0.591. The van der Waals surface area contributed by atoms with Crippen LogP contribution in [0.25, 0.3) is 20.4 Å². The zero-order valence-electron chi connectivity index (χ0n) is 18.3. The Balaban J connectivity index is 1.83. The van der Waals surface area contributed by atoms with E-state index in [-0.39, 0.29) is 5.60 Å². The molecule has 29 heavy (non-hydrogen) atoms. The number of nitrogens with zero attached hydrogens (tertiary/aromatic N) is 4. The third kappa shape index (κ3) is 3.96. The van der Waals surface area contributed by atoms with E-state index in [1.807, 2.05) is 0 Å². The summed E-state index contributed by atoms with van der Waals surface area (Å²) in [7, 11) is 4.20. The molecule has 1 N–H and O–H groups in total. The van der Waals surface area contributed by atoms with E-state index in [0.717, 1.165) is 52.5 Å². The van der Waals surface area contributed by atoms with Crippen LogP contribution in [0.3, 0.4) is 0 Å². The van der Waals surface area contributed by atoms with Gasteiger partial charge in [0.15, 0.2) is 0 Å². The quantitative estimate of drug-likeness (QED) is 0.597. The average molecular weight is 414 g/mol. The maximum Gasteiger partial charge on any atom is 0.147 e. The van der Waals surface area contributed by atoms with Gasteiger partial charge in [-0.2, -0.15) is 0 Å². The van der Waals surface area contributed by atoms with Gasteiger partial charge in [0.2, 0.25) is 0 Å². The van der Waals surface area contributed by atoms with E-state index in [2.05, 4.69) is 62.0 Å². The number of fused-ring (bicyclic) bond motifs is 5. The zero-order valence-corrected chi connectivity index (χ0v) is 19.1. The summed E-state index contributed by atoms with van der Waals surface area (Å²) >= 11 is 1.71. The Labute approximate surface area is 176 Å². The van der Waals surface area contributed by atoms with E-state index in [0.29, 0.717) is 12.5 Å². The number of anilines is 1. The normalized spacial score (nSPS) is 16.1. The second-order valence-corrected chi connectivity index (χ2v) is 10.1. The lowest BCUT2D eigenvalue weighted by Crippen LogP contribution is -2.32. The van der Waals surface area contributed by atoms with Crippen molar-refractivity contribution in [2.24, 2.45) is 0 Å². The molecule has 3 aromatic heterocycles. The predicted molar refractivity (Wildman–Crippen MR) is 121 cm³/mol. The minimum Gasteiger partial charge on any atom is -0.370 e. The monoisotopic (exact) mass is 413 g/mol. The molecule has 0 bridgehead atoms. The van der Waals surface area contributed by atoms with Crippen molar-refractivity contribution in [3.63, 3.8) is 0 Å². The van der Waals surface area contributed by atoms with E-state index < -0.39 is 0 Å². The van der Waals surface area contributed by atoms with Gasteiger partial charge in [-0.3, -0.25) is 0 Å². The largest absolute Gasteiger partial charge is 0.370 e. The Hall–Kier alpha value is -1.83. The summed E-state index contributed by atoms with van der Waals surface area (Å²) in [6.45, 7) is 11.3. The smallest absolute Gasteiger partial charge is 0.147 e. The van der Waals surface area contributed by atoms with Crippen LogP contribution in [0.2, 0.25) is 0 Å². The van der Waals surface area contributed by atoms with Gasteiger partial charge in [-0.1, -0.05) is 13.8 Å². The lowest BCUT2D eigenvalue weighted by molar-refractivity contribution is -0.0402. The summed E-state index contributed by atoms with van der Waals surface area (Å²) in [5.74, 6) is 1.28. The molecular formula is C22H31N5OS. The SMILES string of the molecule is CC(C)c1nc2sc3c(NCCCN(C)C)ncnc3c2c2c1COC(C)(C)C2. The van der Waals surface area contributed by atoms with Gasteiger partial charge in [-0.05, 0) is 52.4 Å². The number of pyridine rings is 1. The minimum absolute atomic E-state index is 0.177. The minimum atomic E-state index is -0.177. The Kier molecular flexibility index (Phi) is 5.48. The molecule has 0 radical (unpaired) electrons. The first-order valence-electron chi connectivity index (χ1n) is 10.4. The van der Waals surface area contributed by atoms with Crippen molar-refractivity contribution in [3.8, 4) is 0 Å². The first-order chi connectivity index (χ1) is 13.8. The van der Waals surface area contributed by atoms with Crippen LogP contribution >= 0.6 is 11.3 Å². The average Bonchev–Trinajstić information content (AvgIpc) is 3.03. The topological polar surface area (TPSA) is 63.2 Å². The second kappa shape index (κ2) is 7.78. The number of aromatic nitrogens is 3. The van der Waals surface area contributed by atoms with Crippen LogP contribution < -0.4 is 5.32 Å². The van der Waals surface area contributed by atoms with E-state index >= 15 is 0 Å². The zero-order chi connectivity index (χ0) is 20.8. The van der Waals surface area contributed by atoms with Gasteiger partial charge in [-0.15, -0.1) is 11.3 Å². The summed E-state index contributed by atoms with van der Waals surface area (Å²) in [4.78, 5) is 17.6. The highest BCUT2D eigenvalue weighted by molar-refractivity contribution is 7.26. The van der Waals surface area contributed by atoms with Gasteiger partial charge >= 0.3 is 0 Å². The Morgan fingerprint density at radius 3 is 2.76 bits per heavy atom. The molecule has 0 spiro atoms. The Bertz CT molecular complexity index is 1040. The fourth-order valence-corrected chi connectivity index (χ4v) is 5.17. The van der Waals surface area contributed by atoms with Crippen LogP contribution in [-0.4, -0.2) is 52.6 Å².